The Kier molecular flexibility index (Phi) is 5.32. The molecule has 1 amide bonds. The first-order valence-corrected chi connectivity index (χ1v) is 5.90. The highest BCUT2D eigenvalue weighted by Gasteiger charge is 2.09. The van der Waals surface area contributed by atoms with Crippen LogP contribution in [0.4, 0.5) is 0 Å². The summed E-state index contributed by atoms with van der Waals surface area (Å²) in [6.45, 7) is 0.221. The van der Waals surface area contributed by atoms with Crippen molar-refractivity contribution < 1.29 is 23.6 Å². The lowest BCUT2D eigenvalue weighted by atomic mass is 10.4. The minimum Gasteiger partial charge on any atom is -0.481 e. The zero-order valence-electron chi connectivity index (χ0n) is 8.06. The molecule has 1 atom stereocenters. The average Bonchev–Trinajstić information content (AvgIpc) is 1.98. The van der Waals surface area contributed by atoms with Crippen LogP contribution in [0, 0.1) is 0 Å². The molecule has 1 unspecified atom stereocenters. The van der Waals surface area contributed by atoms with Gasteiger partial charge < -0.3 is 9.84 Å². The SMILES string of the molecule is COCCS(C)(=O)=NC(=O)CC(=O)O. The normalized spacial score (nSPS) is 14.4. The van der Waals surface area contributed by atoms with Crippen LogP contribution in [0.1, 0.15) is 6.42 Å². The number of carbonyl (C=O) groups is 2. The van der Waals surface area contributed by atoms with E-state index in [0.717, 1.165) is 0 Å². The van der Waals surface area contributed by atoms with Gasteiger partial charge in [0, 0.05) is 13.4 Å². The first-order chi connectivity index (χ1) is 6.37. The van der Waals surface area contributed by atoms with Gasteiger partial charge in [-0.2, -0.15) is 4.36 Å². The smallest absolute Gasteiger partial charge is 0.312 e. The van der Waals surface area contributed by atoms with Gasteiger partial charge in [0.1, 0.15) is 6.42 Å². The van der Waals surface area contributed by atoms with E-state index in [1.54, 1.807) is 0 Å². The molecule has 0 bridgehead atoms. The molecule has 0 saturated carbocycles. The lowest BCUT2D eigenvalue weighted by molar-refractivity contribution is -0.139. The van der Waals surface area contributed by atoms with Gasteiger partial charge in [-0.25, -0.2) is 4.21 Å². The molecular formula is C7H13NO5S. The van der Waals surface area contributed by atoms with Crippen molar-refractivity contribution in [1.82, 2.24) is 0 Å². The van der Waals surface area contributed by atoms with Crippen LogP contribution in [0.2, 0.25) is 0 Å². The van der Waals surface area contributed by atoms with Crippen LogP contribution >= 0.6 is 0 Å². The lowest BCUT2D eigenvalue weighted by Gasteiger charge is -2.01. The summed E-state index contributed by atoms with van der Waals surface area (Å²) in [7, 11) is -1.21. The summed E-state index contributed by atoms with van der Waals surface area (Å²) in [5, 5.41) is 8.26. The number of nitrogens with zero attached hydrogens (tertiary/aromatic N) is 1. The number of amides is 1. The van der Waals surface area contributed by atoms with Crippen LogP contribution in [-0.2, 0) is 24.1 Å². The molecule has 0 aliphatic carbocycles. The molecule has 0 heterocycles. The van der Waals surface area contributed by atoms with Crippen LogP contribution in [0.3, 0.4) is 0 Å². The third-order valence-corrected chi connectivity index (χ3v) is 2.78. The Balaban J connectivity index is 4.40. The predicted molar refractivity (Wildman–Crippen MR) is 50.5 cm³/mol. The average molecular weight is 223 g/mol. The van der Waals surface area contributed by atoms with E-state index in [9.17, 15) is 13.8 Å². The Bertz CT molecular complexity index is 329. The molecule has 0 aliphatic rings. The molecule has 0 spiro atoms. The minimum absolute atomic E-state index is 0.120. The van der Waals surface area contributed by atoms with Gasteiger partial charge in [-0.05, 0) is 0 Å². The van der Waals surface area contributed by atoms with Gasteiger partial charge >= 0.3 is 5.97 Å². The van der Waals surface area contributed by atoms with Gasteiger partial charge in [-0.15, -0.1) is 0 Å². The van der Waals surface area contributed by atoms with Gasteiger partial charge in [0.15, 0.2) is 0 Å². The van der Waals surface area contributed by atoms with Crippen LogP contribution in [0.25, 0.3) is 0 Å². The van der Waals surface area contributed by atoms with Crippen LogP contribution < -0.4 is 0 Å². The number of methoxy groups -OCH3 is 1. The fourth-order valence-corrected chi connectivity index (χ4v) is 1.72. The van der Waals surface area contributed by atoms with Crippen molar-refractivity contribution in [3.8, 4) is 0 Å². The van der Waals surface area contributed by atoms with Gasteiger partial charge in [-0.3, -0.25) is 9.59 Å². The van der Waals surface area contributed by atoms with Gasteiger partial charge in [0.05, 0.1) is 22.1 Å². The minimum atomic E-state index is -2.65. The number of carbonyl (C=O) groups excluding carboxylic acids is 1. The molecule has 1 N–H and O–H groups in total. The first-order valence-electron chi connectivity index (χ1n) is 3.81. The Morgan fingerprint density at radius 2 is 2.07 bits per heavy atom. The van der Waals surface area contributed by atoms with Crippen molar-refractivity contribution in [3.63, 3.8) is 0 Å². The molecule has 0 aliphatic heterocycles. The van der Waals surface area contributed by atoms with Crippen molar-refractivity contribution in [2.45, 2.75) is 6.42 Å². The van der Waals surface area contributed by atoms with E-state index in [1.807, 2.05) is 0 Å². The molecule has 0 rings (SSSR count). The van der Waals surface area contributed by atoms with Crippen LogP contribution in [-0.4, -0.2) is 46.9 Å². The monoisotopic (exact) mass is 223 g/mol. The van der Waals surface area contributed by atoms with Crippen molar-refractivity contribution in [3.05, 3.63) is 0 Å². The van der Waals surface area contributed by atoms with E-state index < -0.39 is 28.0 Å². The molecule has 0 aromatic carbocycles. The number of aliphatic carboxylic acids is 1. The molecule has 0 fully saturated rings. The quantitative estimate of drug-likeness (QED) is 0.648. The van der Waals surface area contributed by atoms with E-state index in [-0.39, 0.29) is 12.4 Å². The summed E-state index contributed by atoms with van der Waals surface area (Å²) in [5.74, 6) is -2.03. The highest BCUT2D eigenvalue weighted by atomic mass is 32.2. The van der Waals surface area contributed by atoms with Crippen molar-refractivity contribution >= 4 is 21.6 Å². The Morgan fingerprint density at radius 3 is 2.50 bits per heavy atom. The summed E-state index contributed by atoms with van der Waals surface area (Å²) < 4.78 is 19.5. The Morgan fingerprint density at radius 1 is 1.50 bits per heavy atom. The third kappa shape index (κ3) is 6.55. The number of hydrogen-bond donors (Lipinski definition) is 1. The molecular weight excluding hydrogens is 210 g/mol. The number of rotatable bonds is 5. The maximum absolute atomic E-state index is 11.5. The van der Waals surface area contributed by atoms with Crippen molar-refractivity contribution in [1.29, 1.82) is 0 Å². The summed E-state index contributed by atoms with van der Waals surface area (Å²) >= 11 is 0. The van der Waals surface area contributed by atoms with Gasteiger partial charge in [0.25, 0.3) is 5.91 Å². The zero-order valence-corrected chi connectivity index (χ0v) is 8.87. The van der Waals surface area contributed by atoms with E-state index in [0.29, 0.717) is 0 Å². The second-order valence-corrected chi connectivity index (χ2v) is 5.22. The van der Waals surface area contributed by atoms with Crippen molar-refractivity contribution in [2.24, 2.45) is 4.36 Å². The summed E-state index contributed by atoms with van der Waals surface area (Å²) in [6, 6.07) is 0. The molecule has 0 aromatic heterocycles. The third-order valence-electron chi connectivity index (χ3n) is 1.26. The summed E-state index contributed by atoms with van der Waals surface area (Å²) in [5.41, 5.74) is 0. The lowest BCUT2D eigenvalue weighted by Crippen LogP contribution is -2.13. The van der Waals surface area contributed by atoms with Crippen LogP contribution in [0.5, 0.6) is 0 Å². The Labute approximate surface area is 82.4 Å². The topological polar surface area (TPSA) is 93.0 Å². The number of ether oxygens (including phenoxy) is 1. The highest BCUT2D eigenvalue weighted by molar-refractivity contribution is 7.93. The molecule has 14 heavy (non-hydrogen) atoms. The largest absolute Gasteiger partial charge is 0.481 e. The van der Waals surface area contributed by atoms with Crippen molar-refractivity contribution in [2.75, 3.05) is 25.7 Å². The second kappa shape index (κ2) is 5.71. The Hall–Kier alpha value is -0.950. The molecule has 0 radical (unpaired) electrons. The molecule has 7 heteroatoms. The maximum Gasteiger partial charge on any atom is 0.312 e. The van der Waals surface area contributed by atoms with E-state index in [2.05, 4.69) is 9.10 Å². The fraction of sp³-hybridized carbons (Fsp3) is 0.714. The first kappa shape index (κ1) is 13.1. The van der Waals surface area contributed by atoms with Gasteiger partial charge in [-0.1, -0.05) is 0 Å². The zero-order chi connectivity index (χ0) is 11.2. The van der Waals surface area contributed by atoms with E-state index in [1.165, 1.54) is 13.4 Å². The van der Waals surface area contributed by atoms with E-state index in [4.69, 9.17) is 5.11 Å². The predicted octanol–water partition coefficient (Wildman–Crippen LogP) is -0.268. The second-order valence-electron chi connectivity index (χ2n) is 2.71. The summed E-state index contributed by atoms with van der Waals surface area (Å²) in [4.78, 5) is 21.0. The number of carboxylic acid groups (broad SMARTS) is 1. The number of carboxylic acids is 1. The molecule has 0 saturated heterocycles. The standard InChI is InChI=1S/C7H13NO5S/c1-13-3-4-14(2,12)8-6(9)5-7(10)11/h3-5H2,1-2H3,(H,10,11). The molecule has 6 nitrogen and oxygen atoms in total. The van der Waals surface area contributed by atoms with Crippen LogP contribution in [0.15, 0.2) is 4.36 Å². The van der Waals surface area contributed by atoms with E-state index >= 15 is 0 Å². The fourth-order valence-electron chi connectivity index (χ4n) is 0.661. The molecule has 0 aromatic rings. The summed E-state index contributed by atoms with van der Waals surface area (Å²) in [6.07, 6.45) is 0.573. The highest BCUT2D eigenvalue weighted by Crippen LogP contribution is 1.95. The molecule has 82 valence electrons. The number of hydrogen-bond acceptors (Lipinski definition) is 4. The maximum atomic E-state index is 11.5. The van der Waals surface area contributed by atoms with Gasteiger partial charge in [0.2, 0.25) is 0 Å².